The standard InChI is InChI=1S/C12H23N3O4/c1-7(2)12(3,4)6-14-11(19)15-8(10(17)18)5-9(13)16/h7-8H,5-6H2,1-4H3,(H2,13,16)(H,17,18)(H2,14,15,19). The Balaban J connectivity index is 4.36. The first-order valence-corrected chi connectivity index (χ1v) is 6.11. The summed E-state index contributed by atoms with van der Waals surface area (Å²) in [5.74, 6) is -1.72. The maximum absolute atomic E-state index is 11.6. The van der Waals surface area contributed by atoms with Gasteiger partial charge in [0.2, 0.25) is 5.91 Å². The van der Waals surface area contributed by atoms with E-state index in [1.54, 1.807) is 0 Å². The molecule has 0 rings (SSSR count). The van der Waals surface area contributed by atoms with Crippen LogP contribution in [0.4, 0.5) is 4.79 Å². The molecule has 3 amide bonds. The van der Waals surface area contributed by atoms with Gasteiger partial charge < -0.3 is 21.5 Å². The number of aliphatic carboxylic acids is 1. The molecule has 0 fully saturated rings. The zero-order chi connectivity index (χ0) is 15.2. The molecule has 0 radical (unpaired) electrons. The molecular weight excluding hydrogens is 250 g/mol. The molecule has 5 N–H and O–H groups in total. The van der Waals surface area contributed by atoms with Crippen LogP contribution in [-0.2, 0) is 9.59 Å². The number of carboxylic acids is 1. The Morgan fingerprint density at radius 1 is 1.26 bits per heavy atom. The molecule has 110 valence electrons. The number of nitrogens with one attached hydrogen (secondary N) is 2. The highest BCUT2D eigenvalue weighted by atomic mass is 16.4. The third kappa shape index (κ3) is 6.64. The fourth-order valence-corrected chi connectivity index (χ4v) is 1.12. The minimum absolute atomic E-state index is 0.111. The third-order valence-corrected chi connectivity index (χ3v) is 3.28. The van der Waals surface area contributed by atoms with Crippen molar-refractivity contribution in [1.29, 1.82) is 0 Å². The molecule has 0 aromatic heterocycles. The van der Waals surface area contributed by atoms with Crippen LogP contribution in [0, 0.1) is 11.3 Å². The number of rotatable bonds is 7. The van der Waals surface area contributed by atoms with Crippen molar-refractivity contribution in [2.75, 3.05) is 6.54 Å². The van der Waals surface area contributed by atoms with E-state index in [1.807, 2.05) is 27.7 Å². The smallest absolute Gasteiger partial charge is 0.326 e. The Labute approximate surface area is 112 Å². The molecule has 0 bridgehead atoms. The van der Waals surface area contributed by atoms with Crippen LogP contribution in [0.2, 0.25) is 0 Å². The van der Waals surface area contributed by atoms with Crippen LogP contribution in [0.3, 0.4) is 0 Å². The topological polar surface area (TPSA) is 122 Å². The van der Waals surface area contributed by atoms with Crippen molar-refractivity contribution in [1.82, 2.24) is 10.6 Å². The van der Waals surface area contributed by atoms with Crippen molar-refractivity contribution < 1.29 is 19.5 Å². The van der Waals surface area contributed by atoms with Crippen molar-refractivity contribution in [3.63, 3.8) is 0 Å². The van der Waals surface area contributed by atoms with E-state index in [9.17, 15) is 14.4 Å². The van der Waals surface area contributed by atoms with E-state index in [2.05, 4.69) is 10.6 Å². The summed E-state index contributed by atoms with van der Waals surface area (Å²) in [7, 11) is 0. The van der Waals surface area contributed by atoms with Gasteiger partial charge in [0.1, 0.15) is 6.04 Å². The lowest BCUT2D eigenvalue weighted by atomic mass is 9.81. The van der Waals surface area contributed by atoms with Gasteiger partial charge in [0.15, 0.2) is 0 Å². The Morgan fingerprint density at radius 2 is 1.79 bits per heavy atom. The van der Waals surface area contributed by atoms with E-state index >= 15 is 0 Å². The summed E-state index contributed by atoms with van der Waals surface area (Å²) in [5, 5.41) is 13.6. The molecule has 0 aromatic rings. The van der Waals surface area contributed by atoms with Gasteiger partial charge in [0, 0.05) is 6.54 Å². The Kier molecular flexibility index (Phi) is 6.31. The number of hydrogen-bond donors (Lipinski definition) is 4. The lowest BCUT2D eigenvalue weighted by molar-refractivity contribution is -0.140. The molecule has 0 saturated heterocycles. The molecule has 0 aliphatic rings. The van der Waals surface area contributed by atoms with Crippen molar-refractivity contribution in [2.45, 2.75) is 40.2 Å². The molecule has 7 heteroatoms. The third-order valence-electron chi connectivity index (χ3n) is 3.28. The average Bonchev–Trinajstić information content (AvgIpc) is 2.24. The molecule has 7 nitrogen and oxygen atoms in total. The summed E-state index contributed by atoms with van der Waals surface area (Å²) < 4.78 is 0. The summed E-state index contributed by atoms with van der Waals surface area (Å²) in [6.45, 7) is 8.46. The number of primary amides is 1. The van der Waals surface area contributed by atoms with E-state index < -0.39 is 30.4 Å². The Bertz CT molecular complexity index is 353. The van der Waals surface area contributed by atoms with Gasteiger partial charge >= 0.3 is 12.0 Å². The monoisotopic (exact) mass is 273 g/mol. The number of carbonyl (C=O) groups is 3. The van der Waals surface area contributed by atoms with Crippen LogP contribution >= 0.6 is 0 Å². The van der Waals surface area contributed by atoms with Crippen LogP contribution in [-0.4, -0.2) is 35.6 Å². The lowest BCUT2D eigenvalue weighted by Crippen LogP contribution is -2.49. The molecule has 0 spiro atoms. The van der Waals surface area contributed by atoms with Crippen LogP contribution in [0.25, 0.3) is 0 Å². The van der Waals surface area contributed by atoms with Gasteiger partial charge in [-0.25, -0.2) is 9.59 Å². The minimum atomic E-state index is -1.31. The summed E-state index contributed by atoms with van der Waals surface area (Å²) in [4.78, 5) is 33.1. The number of nitrogens with two attached hydrogens (primary N) is 1. The fraction of sp³-hybridized carbons (Fsp3) is 0.750. The van der Waals surface area contributed by atoms with Crippen molar-refractivity contribution >= 4 is 17.9 Å². The molecule has 0 saturated carbocycles. The highest BCUT2D eigenvalue weighted by Gasteiger charge is 2.25. The average molecular weight is 273 g/mol. The number of carbonyl (C=O) groups excluding carboxylic acids is 2. The zero-order valence-electron chi connectivity index (χ0n) is 11.8. The quantitative estimate of drug-likeness (QED) is 0.532. The summed E-state index contributed by atoms with van der Waals surface area (Å²) >= 11 is 0. The van der Waals surface area contributed by atoms with Crippen LogP contribution < -0.4 is 16.4 Å². The molecule has 1 atom stereocenters. The van der Waals surface area contributed by atoms with E-state index in [4.69, 9.17) is 10.8 Å². The van der Waals surface area contributed by atoms with Crippen molar-refractivity contribution in [2.24, 2.45) is 17.1 Å². The normalized spacial score (nSPS) is 12.9. The minimum Gasteiger partial charge on any atom is -0.480 e. The van der Waals surface area contributed by atoms with Crippen LogP contribution in [0.1, 0.15) is 34.1 Å². The predicted molar refractivity (Wildman–Crippen MR) is 70.4 cm³/mol. The molecular formula is C12H23N3O4. The number of amides is 3. The number of hydrogen-bond acceptors (Lipinski definition) is 3. The summed E-state index contributed by atoms with van der Waals surface area (Å²) in [6, 6.07) is -1.93. The first kappa shape index (κ1) is 17.2. The van der Waals surface area contributed by atoms with Gasteiger partial charge in [-0.2, -0.15) is 0 Å². The van der Waals surface area contributed by atoms with Gasteiger partial charge in [-0.15, -0.1) is 0 Å². The summed E-state index contributed by atoms with van der Waals surface area (Å²) in [5.41, 5.74) is 4.80. The van der Waals surface area contributed by atoms with Crippen LogP contribution in [0.15, 0.2) is 0 Å². The van der Waals surface area contributed by atoms with Gasteiger partial charge in [-0.05, 0) is 11.3 Å². The highest BCUT2D eigenvalue weighted by Crippen LogP contribution is 2.24. The number of urea groups is 1. The van der Waals surface area contributed by atoms with Gasteiger partial charge in [-0.3, -0.25) is 4.79 Å². The van der Waals surface area contributed by atoms with Crippen molar-refractivity contribution in [3.8, 4) is 0 Å². The SMILES string of the molecule is CC(C)C(C)(C)CNC(=O)NC(CC(N)=O)C(=O)O. The zero-order valence-corrected chi connectivity index (χ0v) is 11.8. The maximum atomic E-state index is 11.6. The lowest BCUT2D eigenvalue weighted by Gasteiger charge is -2.29. The first-order chi connectivity index (χ1) is 8.56. The second kappa shape index (κ2) is 6.96. The van der Waals surface area contributed by atoms with E-state index in [0.29, 0.717) is 12.5 Å². The van der Waals surface area contributed by atoms with Gasteiger partial charge in [-0.1, -0.05) is 27.7 Å². The molecule has 1 unspecified atom stereocenters. The second-order valence-electron chi connectivity index (χ2n) is 5.53. The largest absolute Gasteiger partial charge is 0.480 e. The molecule has 0 heterocycles. The Morgan fingerprint density at radius 3 is 2.16 bits per heavy atom. The molecule has 0 aliphatic carbocycles. The Hall–Kier alpha value is -1.79. The molecule has 0 aliphatic heterocycles. The fourth-order valence-electron chi connectivity index (χ4n) is 1.12. The molecule has 19 heavy (non-hydrogen) atoms. The maximum Gasteiger partial charge on any atom is 0.326 e. The van der Waals surface area contributed by atoms with E-state index in [-0.39, 0.29) is 5.41 Å². The van der Waals surface area contributed by atoms with E-state index in [0.717, 1.165) is 0 Å². The van der Waals surface area contributed by atoms with Gasteiger partial charge in [0.05, 0.1) is 6.42 Å². The predicted octanol–water partition coefficient (Wildman–Crippen LogP) is 0.296. The highest BCUT2D eigenvalue weighted by molar-refractivity contribution is 5.87. The van der Waals surface area contributed by atoms with Crippen LogP contribution in [0.5, 0.6) is 0 Å². The van der Waals surface area contributed by atoms with Crippen molar-refractivity contribution in [3.05, 3.63) is 0 Å². The molecule has 0 aromatic carbocycles. The first-order valence-electron chi connectivity index (χ1n) is 6.11. The second-order valence-corrected chi connectivity index (χ2v) is 5.53. The van der Waals surface area contributed by atoms with E-state index in [1.165, 1.54) is 0 Å². The summed E-state index contributed by atoms with van der Waals surface area (Å²) in [6.07, 6.45) is -0.434. The number of carboxylic acid groups (broad SMARTS) is 1. The van der Waals surface area contributed by atoms with Gasteiger partial charge in [0.25, 0.3) is 0 Å².